The Morgan fingerprint density at radius 1 is 0.412 bits per heavy atom. The summed E-state index contributed by atoms with van der Waals surface area (Å²) in [6.45, 7) is 0. The van der Waals surface area contributed by atoms with Crippen molar-refractivity contribution in [3.63, 3.8) is 0 Å². The SMILES string of the molecule is BrC1(C2(Br)CCCCCC2)CCCCCCC1. The molecule has 2 aliphatic carbocycles. The van der Waals surface area contributed by atoms with E-state index in [1.165, 1.54) is 83.5 Å². The number of hydrogen-bond donors (Lipinski definition) is 0. The molecule has 0 saturated heterocycles. The van der Waals surface area contributed by atoms with Crippen molar-refractivity contribution in [3.8, 4) is 0 Å². The van der Waals surface area contributed by atoms with Crippen LogP contribution in [-0.4, -0.2) is 8.65 Å². The first-order valence-electron chi connectivity index (χ1n) is 7.54. The van der Waals surface area contributed by atoms with Gasteiger partial charge in [-0.3, -0.25) is 0 Å². The van der Waals surface area contributed by atoms with E-state index in [0.717, 1.165) is 0 Å². The second kappa shape index (κ2) is 6.41. The van der Waals surface area contributed by atoms with Gasteiger partial charge < -0.3 is 0 Å². The van der Waals surface area contributed by atoms with Gasteiger partial charge in [-0.2, -0.15) is 0 Å². The second-order valence-electron chi connectivity index (χ2n) is 6.11. The van der Waals surface area contributed by atoms with Gasteiger partial charge in [0.2, 0.25) is 0 Å². The monoisotopic (exact) mass is 364 g/mol. The summed E-state index contributed by atoms with van der Waals surface area (Å²) in [5.74, 6) is 0. The van der Waals surface area contributed by atoms with Crippen LogP contribution in [0.4, 0.5) is 0 Å². The van der Waals surface area contributed by atoms with E-state index in [4.69, 9.17) is 0 Å². The molecule has 2 heteroatoms. The maximum atomic E-state index is 4.19. The van der Waals surface area contributed by atoms with Gasteiger partial charge in [-0.25, -0.2) is 0 Å². The van der Waals surface area contributed by atoms with Crippen LogP contribution in [0.3, 0.4) is 0 Å². The van der Waals surface area contributed by atoms with Gasteiger partial charge in [-0.1, -0.05) is 89.6 Å². The molecule has 0 nitrogen and oxygen atoms in total. The van der Waals surface area contributed by atoms with Gasteiger partial charge in [0.25, 0.3) is 0 Å². The highest BCUT2D eigenvalue weighted by molar-refractivity contribution is 9.13. The molecule has 2 rings (SSSR count). The van der Waals surface area contributed by atoms with Crippen LogP contribution in [-0.2, 0) is 0 Å². The first-order valence-corrected chi connectivity index (χ1v) is 9.13. The molecule has 0 aromatic heterocycles. The third-order valence-electron chi connectivity index (χ3n) is 4.85. The Morgan fingerprint density at radius 2 is 0.647 bits per heavy atom. The van der Waals surface area contributed by atoms with E-state index >= 15 is 0 Å². The maximum absolute atomic E-state index is 4.19. The number of halogens is 2. The summed E-state index contributed by atoms with van der Waals surface area (Å²) in [4.78, 5) is 0. The minimum Gasteiger partial charge on any atom is -0.0838 e. The van der Waals surface area contributed by atoms with Crippen LogP contribution >= 0.6 is 31.9 Å². The lowest BCUT2D eigenvalue weighted by Gasteiger charge is -2.44. The molecule has 0 bridgehead atoms. The lowest BCUT2D eigenvalue weighted by molar-refractivity contribution is 0.322. The van der Waals surface area contributed by atoms with E-state index in [2.05, 4.69) is 31.9 Å². The fourth-order valence-electron chi connectivity index (χ4n) is 3.65. The largest absolute Gasteiger partial charge is 0.0838 e. The van der Waals surface area contributed by atoms with E-state index in [1.807, 2.05) is 0 Å². The third kappa shape index (κ3) is 3.49. The molecule has 0 radical (unpaired) electrons. The molecule has 17 heavy (non-hydrogen) atoms. The first-order chi connectivity index (χ1) is 8.16. The smallest absolute Gasteiger partial charge is 0.0410 e. The molecular weight excluding hydrogens is 340 g/mol. The Bertz CT molecular complexity index is 221. The van der Waals surface area contributed by atoms with Crippen molar-refractivity contribution < 1.29 is 0 Å². The highest BCUT2D eigenvalue weighted by atomic mass is 79.9. The van der Waals surface area contributed by atoms with Gasteiger partial charge in [-0.05, 0) is 25.7 Å². The average Bonchev–Trinajstić information content (AvgIpc) is 2.50. The Hall–Kier alpha value is 0.960. The minimum atomic E-state index is 0.380. The highest BCUT2D eigenvalue weighted by Gasteiger charge is 2.46. The quantitative estimate of drug-likeness (QED) is 0.375. The van der Waals surface area contributed by atoms with Crippen LogP contribution in [0.5, 0.6) is 0 Å². The Labute approximate surface area is 124 Å². The van der Waals surface area contributed by atoms with Crippen LogP contribution in [0.1, 0.15) is 83.5 Å². The molecule has 0 unspecified atom stereocenters. The molecule has 0 aromatic rings. The van der Waals surface area contributed by atoms with Crippen molar-refractivity contribution in [1.29, 1.82) is 0 Å². The molecule has 0 N–H and O–H groups in total. The molecular formula is C15H26Br2. The van der Waals surface area contributed by atoms with Gasteiger partial charge in [0.05, 0.1) is 0 Å². The summed E-state index contributed by atoms with van der Waals surface area (Å²) in [7, 11) is 0. The summed E-state index contributed by atoms with van der Waals surface area (Å²) in [6, 6.07) is 0. The molecule has 100 valence electrons. The fourth-order valence-corrected chi connectivity index (χ4v) is 5.57. The van der Waals surface area contributed by atoms with Gasteiger partial charge in [-0.15, -0.1) is 0 Å². The fraction of sp³-hybridized carbons (Fsp3) is 1.00. The molecule has 2 aliphatic rings. The molecule has 2 fully saturated rings. The Kier molecular flexibility index (Phi) is 5.42. The van der Waals surface area contributed by atoms with Crippen LogP contribution < -0.4 is 0 Å². The molecule has 0 heterocycles. The average molecular weight is 366 g/mol. The zero-order valence-electron chi connectivity index (χ0n) is 10.9. The predicted molar refractivity (Wildman–Crippen MR) is 83.3 cm³/mol. The lowest BCUT2D eigenvalue weighted by atomic mass is 9.78. The summed E-state index contributed by atoms with van der Waals surface area (Å²) < 4.78 is 0.762. The zero-order chi connectivity index (χ0) is 12.2. The third-order valence-corrected chi connectivity index (χ3v) is 8.48. The van der Waals surface area contributed by atoms with E-state index in [9.17, 15) is 0 Å². The molecule has 0 atom stereocenters. The van der Waals surface area contributed by atoms with Crippen molar-refractivity contribution >= 4 is 31.9 Å². The van der Waals surface area contributed by atoms with Gasteiger partial charge in [0.1, 0.15) is 0 Å². The Morgan fingerprint density at radius 3 is 0.941 bits per heavy atom. The zero-order valence-corrected chi connectivity index (χ0v) is 14.1. The molecule has 0 aliphatic heterocycles. The standard InChI is InChI=1S/C15H26Br2/c16-14(10-6-2-1-3-7-11-14)15(17)12-8-4-5-9-13-15/h1-13H2. The summed E-state index contributed by atoms with van der Waals surface area (Å²) in [5.41, 5.74) is 0. The first kappa shape index (κ1) is 14.4. The van der Waals surface area contributed by atoms with E-state index < -0.39 is 0 Å². The van der Waals surface area contributed by atoms with Crippen LogP contribution in [0.2, 0.25) is 0 Å². The van der Waals surface area contributed by atoms with E-state index in [0.29, 0.717) is 8.65 Å². The summed E-state index contributed by atoms with van der Waals surface area (Å²) >= 11 is 8.36. The van der Waals surface area contributed by atoms with E-state index in [-0.39, 0.29) is 0 Å². The molecule has 2 saturated carbocycles. The van der Waals surface area contributed by atoms with Gasteiger partial charge in [0.15, 0.2) is 0 Å². The normalized spacial score (nSPS) is 30.0. The summed E-state index contributed by atoms with van der Waals surface area (Å²) in [6.07, 6.45) is 18.4. The molecule has 0 spiro atoms. The van der Waals surface area contributed by atoms with Crippen molar-refractivity contribution in [3.05, 3.63) is 0 Å². The van der Waals surface area contributed by atoms with E-state index in [1.54, 1.807) is 0 Å². The van der Waals surface area contributed by atoms with Crippen molar-refractivity contribution in [2.75, 3.05) is 0 Å². The lowest BCUT2D eigenvalue weighted by Crippen LogP contribution is -2.45. The van der Waals surface area contributed by atoms with Crippen LogP contribution in [0.25, 0.3) is 0 Å². The highest BCUT2D eigenvalue weighted by Crippen LogP contribution is 2.53. The van der Waals surface area contributed by atoms with Gasteiger partial charge in [0, 0.05) is 8.65 Å². The molecule has 0 amide bonds. The Balaban J connectivity index is 2.08. The van der Waals surface area contributed by atoms with Crippen molar-refractivity contribution in [1.82, 2.24) is 0 Å². The predicted octanol–water partition coefficient (Wildman–Crippen LogP) is 6.35. The van der Waals surface area contributed by atoms with Crippen LogP contribution in [0, 0.1) is 0 Å². The second-order valence-corrected chi connectivity index (χ2v) is 9.15. The number of hydrogen-bond acceptors (Lipinski definition) is 0. The number of rotatable bonds is 1. The van der Waals surface area contributed by atoms with Gasteiger partial charge >= 0.3 is 0 Å². The van der Waals surface area contributed by atoms with Crippen molar-refractivity contribution in [2.24, 2.45) is 0 Å². The van der Waals surface area contributed by atoms with Crippen molar-refractivity contribution in [2.45, 2.75) is 92.1 Å². The minimum absolute atomic E-state index is 0.380. The summed E-state index contributed by atoms with van der Waals surface area (Å²) in [5, 5.41) is 0. The van der Waals surface area contributed by atoms with Crippen LogP contribution in [0.15, 0.2) is 0 Å². The topological polar surface area (TPSA) is 0 Å². The number of alkyl halides is 2. The molecule has 0 aromatic carbocycles. The maximum Gasteiger partial charge on any atom is 0.0410 e.